The Kier molecular flexibility index (Phi) is 2.49. The van der Waals surface area contributed by atoms with E-state index in [0.29, 0.717) is 11.7 Å². The van der Waals surface area contributed by atoms with E-state index in [2.05, 4.69) is 10.3 Å². The van der Waals surface area contributed by atoms with E-state index in [9.17, 15) is 4.79 Å². The van der Waals surface area contributed by atoms with Crippen molar-refractivity contribution < 1.29 is 9.90 Å². The number of carbonyl (C=O) groups is 1. The van der Waals surface area contributed by atoms with Crippen LogP contribution in [-0.2, 0) is 17.9 Å². The van der Waals surface area contributed by atoms with Gasteiger partial charge in [0.2, 0.25) is 5.91 Å². The van der Waals surface area contributed by atoms with Crippen molar-refractivity contribution in [3.63, 3.8) is 0 Å². The molecular formula is C9H13N3O2. The molecule has 5 heteroatoms. The van der Waals surface area contributed by atoms with Crippen molar-refractivity contribution in [2.45, 2.75) is 32.0 Å². The second-order valence-corrected chi connectivity index (χ2v) is 3.51. The summed E-state index contributed by atoms with van der Waals surface area (Å²) in [6, 6.07) is 0.378. The van der Waals surface area contributed by atoms with Crippen molar-refractivity contribution in [3.8, 4) is 0 Å². The molecule has 5 nitrogen and oxygen atoms in total. The molecule has 1 aromatic heterocycles. The number of nitrogens with zero attached hydrogens (tertiary/aromatic N) is 2. The van der Waals surface area contributed by atoms with Crippen LogP contribution in [0.15, 0.2) is 12.5 Å². The Bertz CT molecular complexity index is 331. The van der Waals surface area contributed by atoms with Gasteiger partial charge in [-0.1, -0.05) is 0 Å². The molecule has 0 spiro atoms. The summed E-state index contributed by atoms with van der Waals surface area (Å²) in [5.74, 6) is -0.0137. The standard InChI is InChI=1S/C9H13N3O2/c13-5-8-3-10-6-12(8)4-9(14)11-7-1-2-7/h3,6-7,13H,1-2,4-5H2,(H,11,14). The quantitative estimate of drug-likeness (QED) is 0.690. The second-order valence-electron chi connectivity index (χ2n) is 3.51. The molecule has 1 aliphatic carbocycles. The molecule has 1 amide bonds. The Balaban J connectivity index is 1.91. The minimum Gasteiger partial charge on any atom is -0.390 e. The highest BCUT2D eigenvalue weighted by Gasteiger charge is 2.23. The molecule has 14 heavy (non-hydrogen) atoms. The smallest absolute Gasteiger partial charge is 0.240 e. The summed E-state index contributed by atoms with van der Waals surface area (Å²) >= 11 is 0. The monoisotopic (exact) mass is 195 g/mol. The van der Waals surface area contributed by atoms with Crippen LogP contribution in [0.2, 0.25) is 0 Å². The lowest BCUT2D eigenvalue weighted by Gasteiger charge is -2.06. The Morgan fingerprint density at radius 3 is 3.14 bits per heavy atom. The van der Waals surface area contributed by atoms with Gasteiger partial charge in [-0.2, -0.15) is 0 Å². The van der Waals surface area contributed by atoms with Crippen molar-refractivity contribution in [2.24, 2.45) is 0 Å². The van der Waals surface area contributed by atoms with Crippen molar-refractivity contribution in [1.29, 1.82) is 0 Å². The van der Waals surface area contributed by atoms with Crippen molar-refractivity contribution in [1.82, 2.24) is 14.9 Å². The fourth-order valence-electron chi connectivity index (χ4n) is 1.28. The van der Waals surface area contributed by atoms with Crippen LogP contribution in [-0.4, -0.2) is 26.6 Å². The van der Waals surface area contributed by atoms with E-state index in [-0.39, 0.29) is 19.1 Å². The highest BCUT2D eigenvalue weighted by Crippen LogP contribution is 2.18. The lowest BCUT2D eigenvalue weighted by molar-refractivity contribution is -0.121. The SMILES string of the molecule is O=C(Cn1cncc1CO)NC1CC1. The third-order valence-electron chi connectivity index (χ3n) is 2.22. The largest absolute Gasteiger partial charge is 0.390 e. The van der Waals surface area contributed by atoms with E-state index in [1.807, 2.05) is 0 Å². The number of imidazole rings is 1. The summed E-state index contributed by atoms with van der Waals surface area (Å²) in [6.45, 7) is 0.156. The Morgan fingerprint density at radius 1 is 1.71 bits per heavy atom. The van der Waals surface area contributed by atoms with E-state index in [4.69, 9.17) is 5.11 Å². The minimum absolute atomic E-state index is 0.0137. The van der Waals surface area contributed by atoms with Crippen LogP contribution >= 0.6 is 0 Å². The van der Waals surface area contributed by atoms with Gasteiger partial charge in [0.15, 0.2) is 0 Å². The predicted molar refractivity (Wildman–Crippen MR) is 49.3 cm³/mol. The highest BCUT2D eigenvalue weighted by atomic mass is 16.3. The number of aromatic nitrogens is 2. The zero-order valence-electron chi connectivity index (χ0n) is 7.81. The van der Waals surface area contributed by atoms with Crippen LogP contribution < -0.4 is 5.32 Å². The molecule has 0 saturated heterocycles. The van der Waals surface area contributed by atoms with Crippen LogP contribution in [0.3, 0.4) is 0 Å². The van der Waals surface area contributed by atoms with Gasteiger partial charge in [-0.25, -0.2) is 4.98 Å². The Labute approximate surface area is 81.8 Å². The van der Waals surface area contributed by atoms with Gasteiger partial charge in [0, 0.05) is 6.04 Å². The van der Waals surface area contributed by atoms with Gasteiger partial charge in [-0.3, -0.25) is 4.79 Å². The van der Waals surface area contributed by atoms with Gasteiger partial charge in [-0.15, -0.1) is 0 Å². The number of hydrogen-bond acceptors (Lipinski definition) is 3. The van der Waals surface area contributed by atoms with Crippen LogP contribution in [0.4, 0.5) is 0 Å². The molecule has 1 aromatic rings. The number of rotatable bonds is 4. The van der Waals surface area contributed by atoms with E-state index in [0.717, 1.165) is 12.8 Å². The summed E-state index contributed by atoms with van der Waals surface area (Å²) in [5, 5.41) is 11.8. The van der Waals surface area contributed by atoms with Crippen LogP contribution in [0.1, 0.15) is 18.5 Å². The molecule has 1 fully saturated rings. The first-order chi connectivity index (χ1) is 6.79. The lowest BCUT2D eigenvalue weighted by atomic mass is 10.4. The fraction of sp³-hybridized carbons (Fsp3) is 0.556. The van der Waals surface area contributed by atoms with E-state index >= 15 is 0 Å². The molecular weight excluding hydrogens is 182 g/mol. The third kappa shape index (κ3) is 2.11. The summed E-state index contributed by atoms with van der Waals surface area (Å²) in [5.41, 5.74) is 0.663. The number of hydrogen-bond donors (Lipinski definition) is 2. The fourth-order valence-corrected chi connectivity index (χ4v) is 1.28. The van der Waals surface area contributed by atoms with Gasteiger partial charge in [0.25, 0.3) is 0 Å². The molecule has 0 aromatic carbocycles. The van der Waals surface area contributed by atoms with Gasteiger partial charge in [0.05, 0.1) is 24.8 Å². The van der Waals surface area contributed by atoms with Crippen LogP contribution in [0.25, 0.3) is 0 Å². The second kappa shape index (κ2) is 3.79. The zero-order valence-corrected chi connectivity index (χ0v) is 7.81. The Hall–Kier alpha value is -1.36. The zero-order chi connectivity index (χ0) is 9.97. The summed E-state index contributed by atoms with van der Waals surface area (Å²) in [4.78, 5) is 15.3. The molecule has 1 aliphatic rings. The van der Waals surface area contributed by atoms with Crippen molar-refractivity contribution >= 4 is 5.91 Å². The molecule has 76 valence electrons. The highest BCUT2D eigenvalue weighted by molar-refractivity contribution is 5.76. The lowest BCUT2D eigenvalue weighted by Crippen LogP contribution is -2.29. The van der Waals surface area contributed by atoms with Gasteiger partial charge < -0.3 is 15.0 Å². The average Bonchev–Trinajstić information content (AvgIpc) is 2.84. The predicted octanol–water partition coefficient (Wildman–Crippen LogP) is -0.346. The number of nitrogens with one attached hydrogen (secondary N) is 1. The Morgan fingerprint density at radius 2 is 2.50 bits per heavy atom. The molecule has 0 unspecified atom stereocenters. The molecule has 1 saturated carbocycles. The maximum atomic E-state index is 11.4. The number of aliphatic hydroxyl groups is 1. The van der Waals surface area contributed by atoms with Crippen LogP contribution in [0, 0.1) is 0 Å². The van der Waals surface area contributed by atoms with Crippen molar-refractivity contribution in [3.05, 3.63) is 18.2 Å². The number of carbonyl (C=O) groups excluding carboxylic acids is 1. The number of aliphatic hydroxyl groups excluding tert-OH is 1. The van der Waals surface area contributed by atoms with Gasteiger partial charge >= 0.3 is 0 Å². The first kappa shape index (κ1) is 9.21. The number of amides is 1. The van der Waals surface area contributed by atoms with Crippen molar-refractivity contribution in [2.75, 3.05) is 0 Å². The minimum atomic E-state index is -0.0866. The maximum Gasteiger partial charge on any atom is 0.240 e. The summed E-state index contributed by atoms with van der Waals surface area (Å²) in [7, 11) is 0. The molecule has 0 aliphatic heterocycles. The normalized spacial score (nSPS) is 15.5. The first-order valence-electron chi connectivity index (χ1n) is 4.69. The molecule has 0 radical (unpaired) electrons. The molecule has 0 atom stereocenters. The van der Waals surface area contributed by atoms with Gasteiger partial charge in [0.1, 0.15) is 6.54 Å². The topological polar surface area (TPSA) is 67.2 Å². The van der Waals surface area contributed by atoms with E-state index < -0.39 is 0 Å². The molecule has 2 rings (SSSR count). The van der Waals surface area contributed by atoms with E-state index in [1.54, 1.807) is 17.1 Å². The molecule has 0 bridgehead atoms. The van der Waals surface area contributed by atoms with Gasteiger partial charge in [-0.05, 0) is 12.8 Å². The van der Waals surface area contributed by atoms with E-state index in [1.165, 1.54) is 0 Å². The molecule has 1 heterocycles. The summed E-state index contributed by atoms with van der Waals surface area (Å²) in [6.07, 6.45) is 5.29. The summed E-state index contributed by atoms with van der Waals surface area (Å²) < 4.78 is 1.65. The third-order valence-corrected chi connectivity index (χ3v) is 2.22. The van der Waals surface area contributed by atoms with Crippen LogP contribution in [0.5, 0.6) is 0 Å². The molecule has 2 N–H and O–H groups in total. The average molecular weight is 195 g/mol. The first-order valence-corrected chi connectivity index (χ1v) is 4.69. The maximum absolute atomic E-state index is 11.4.